The average Bonchev–Trinajstić information content (AvgIpc) is 2.49. The molecule has 0 saturated heterocycles. The highest BCUT2D eigenvalue weighted by molar-refractivity contribution is 5.90. The third-order valence-electron chi connectivity index (χ3n) is 2.56. The number of carbonyl (C=O) groups excluding carboxylic acids is 2. The molecule has 102 valence electrons. The number of benzene rings is 2. The molecule has 0 bridgehead atoms. The third-order valence-corrected chi connectivity index (χ3v) is 2.56. The summed E-state index contributed by atoms with van der Waals surface area (Å²) in [5.74, 6) is -1.06. The first-order chi connectivity index (χ1) is 9.66. The van der Waals surface area contributed by atoms with Crippen LogP contribution in [0.2, 0.25) is 0 Å². The lowest BCUT2D eigenvalue weighted by Crippen LogP contribution is -2.21. The molecule has 2 aromatic carbocycles. The second-order valence-electron chi connectivity index (χ2n) is 4.11. The van der Waals surface area contributed by atoms with Crippen LogP contribution in [0.25, 0.3) is 0 Å². The van der Waals surface area contributed by atoms with Crippen molar-refractivity contribution < 1.29 is 19.1 Å². The van der Waals surface area contributed by atoms with E-state index in [1.54, 1.807) is 60.7 Å². The Morgan fingerprint density at radius 3 is 1.45 bits per heavy atom. The van der Waals surface area contributed by atoms with Crippen molar-refractivity contribution in [1.82, 2.24) is 0 Å². The third kappa shape index (κ3) is 3.68. The number of hydrogen-bond acceptors (Lipinski definition) is 4. The highest BCUT2D eigenvalue weighted by Gasteiger charge is 2.16. The van der Waals surface area contributed by atoms with E-state index in [1.807, 2.05) is 0 Å². The molecule has 4 nitrogen and oxygen atoms in total. The summed E-state index contributed by atoms with van der Waals surface area (Å²) < 4.78 is 10.1. The molecule has 2 aromatic rings. The first kappa shape index (κ1) is 13.8. The predicted octanol–water partition coefficient (Wildman–Crippen LogP) is 3.05. The minimum atomic E-state index is -0.949. The van der Waals surface area contributed by atoms with E-state index in [4.69, 9.17) is 9.47 Å². The summed E-state index contributed by atoms with van der Waals surface area (Å²) in [6.45, 7) is 1.50. The fourth-order valence-electron chi connectivity index (χ4n) is 1.61. The largest absolute Gasteiger partial charge is 0.422 e. The second kappa shape index (κ2) is 6.52. The normalized spacial score (nSPS) is 10.1. The Morgan fingerprint density at radius 2 is 1.10 bits per heavy atom. The maximum atomic E-state index is 11.8. The van der Waals surface area contributed by atoms with E-state index in [0.29, 0.717) is 11.1 Å². The Labute approximate surface area is 116 Å². The predicted molar refractivity (Wildman–Crippen MR) is 73.2 cm³/mol. The van der Waals surface area contributed by atoms with Crippen molar-refractivity contribution in [1.29, 1.82) is 0 Å². The molecule has 20 heavy (non-hydrogen) atoms. The standard InChI is InChI=1S/C16H14O4/c1-12(19-15(17)13-8-4-2-5-9-13)20-16(18)14-10-6-3-7-11-14/h2-12H,1H3. The zero-order valence-electron chi connectivity index (χ0n) is 11.0. The summed E-state index contributed by atoms with van der Waals surface area (Å²) in [7, 11) is 0. The van der Waals surface area contributed by atoms with Crippen molar-refractivity contribution in [3.05, 3.63) is 71.8 Å². The minimum absolute atomic E-state index is 0.412. The first-order valence-corrected chi connectivity index (χ1v) is 6.19. The lowest BCUT2D eigenvalue weighted by molar-refractivity contribution is -0.0691. The maximum Gasteiger partial charge on any atom is 0.341 e. The summed E-state index contributed by atoms with van der Waals surface area (Å²) in [4.78, 5) is 23.5. The van der Waals surface area contributed by atoms with Crippen molar-refractivity contribution in [2.45, 2.75) is 13.2 Å². The Kier molecular flexibility index (Phi) is 4.50. The Bertz CT molecular complexity index is 524. The van der Waals surface area contributed by atoms with Gasteiger partial charge in [0.1, 0.15) is 0 Å². The summed E-state index contributed by atoms with van der Waals surface area (Å²) >= 11 is 0. The van der Waals surface area contributed by atoms with Crippen molar-refractivity contribution in [3.8, 4) is 0 Å². The van der Waals surface area contributed by atoms with Gasteiger partial charge in [-0.2, -0.15) is 0 Å². The SMILES string of the molecule is CC(OC(=O)c1ccccc1)OC(=O)c1ccccc1. The van der Waals surface area contributed by atoms with E-state index in [1.165, 1.54) is 6.92 Å². The average molecular weight is 270 g/mol. The van der Waals surface area contributed by atoms with Crippen LogP contribution in [0.5, 0.6) is 0 Å². The van der Waals surface area contributed by atoms with Crippen LogP contribution in [0.1, 0.15) is 27.6 Å². The van der Waals surface area contributed by atoms with Crippen molar-refractivity contribution in [3.63, 3.8) is 0 Å². The molecular formula is C16H14O4. The van der Waals surface area contributed by atoms with Gasteiger partial charge in [-0.3, -0.25) is 0 Å². The van der Waals surface area contributed by atoms with Crippen molar-refractivity contribution >= 4 is 11.9 Å². The molecule has 0 saturated carbocycles. The highest BCUT2D eigenvalue weighted by atomic mass is 16.7. The number of hydrogen-bond donors (Lipinski definition) is 0. The summed E-state index contributed by atoms with van der Waals surface area (Å²) in [5, 5.41) is 0. The Balaban J connectivity index is 1.91. The molecule has 0 aliphatic carbocycles. The molecule has 0 radical (unpaired) electrons. The van der Waals surface area contributed by atoms with Crippen molar-refractivity contribution in [2.24, 2.45) is 0 Å². The lowest BCUT2D eigenvalue weighted by atomic mass is 10.2. The number of esters is 2. The fraction of sp³-hybridized carbons (Fsp3) is 0.125. The van der Waals surface area contributed by atoms with Crippen LogP contribution >= 0.6 is 0 Å². The van der Waals surface area contributed by atoms with Crippen LogP contribution in [-0.4, -0.2) is 18.2 Å². The zero-order valence-corrected chi connectivity index (χ0v) is 11.0. The zero-order chi connectivity index (χ0) is 14.4. The van der Waals surface area contributed by atoms with Crippen LogP contribution in [0.15, 0.2) is 60.7 Å². The number of carbonyl (C=O) groups is 2. The van der Waals surface area contributed by atoms with Gasteiger partial charge in [0.05, 0.1) is 11.1 Å². The van der Waals surface area contributed by atoms with Gasteiger partial charge in [-0.1, -0.05) is 36.4 Å². The molecule has 0 unspecified atom stereocenters. The smallest absolute Gasteiger partial charge is 0.341 e. The van der Waals surface area contributed by atoms with E-state index < -0.39 is 18.2 Å². The molecule has 0 amide bonds. The van der Waals surface area contributed by atoms with Gasteiger partial charge in [-0.15, -0.1) is 0 Å². The molecule has 0 aliphatic rings. The van der Waals surface area contributed by atoms with E-state index >= 15 is 0 Å². The van der Waals surface area contributed by atoms with Gasteiger partial charge in [0.15, 0.2) is 0 Å². The highest BCUT2D eigenvalue weighted by Crippen LogP contribution is 2.08. The molecule has 4 heteroatoms. The first-order valence-electron chi connectivity index (χ1n) is 6.19. The van der Waals surface area contributed by atoms with Crippen LogP contribution in [0.4, 0.5) is 0 Å². The van der Waals surface area contributed by atoms with Crippen LogP contribution in [-0.2, 0) is 9.47 Å². The van der Waals surface area contributed by atoms with Crippen molar-refractivity contribution in [2.75, 3.05) is 0 Å². The molecule has 0 N–H and O–H groups in total. The quantitative estimate of drug-likeness (QED) is 0.633. The lowest BCUT2D eigenvalue weighted by Gasteiger charge is -2.14. The molecule has 0 atom stereocenters. The van der Waals surface area contributed by atoms with E-state index in [2.05, 4.69) is 0 Å². The molecule has 2 rings (SSSR count). The molecule has 0 heterocycles. The fourth-order valence-corrected chi connectivity index (χ4v) is 1.61. The maximum absolute atomic E-state index is 11.8. The Hall–Kier alpha value is -2.62. The van der Waals surface area contributed by atoms with Gasteiger partial charge >= 0.3 is 11.9 Å². The topological polar surface area (TPSA) is 52.6 Å². The molecule has 0 fully saturated rings. The van der Waals surface area contributed by atoms with E-state index in [0.717, 1.165) is 0 Å². The van der Waals surface area contributed by atoms with E-state index in [-0.39, 0.29) is 0 Å². The van der Waals surface area contributed by atoms with Crippen LogP contribution in [0.3, 0.4) is 0 Å². The molecule has 0 spiro atoms. The minimum Gasteiger partial charge on any atom is -0.422 e. The van der Waals surface area contributed by atoms with Crippen LogP contribution in [0, 0.1) is 0 Å². The van der Waals surface area contributed by atoms with E-state index in [9.17, 15) is 9.59 Å². The molecule has 0 aromatic heterocycles. The summed E-state index contributed by atoms with van der Waals surface area (Å²) in [6, 6.07) is 17.1. The molecule has 0 aliphatic heterocycles. The summed E-state index contributed by atoms with van der Waals surface area (Å²) in [6.07, 6.45) is -0.949. The summed E-state index contributed by atoms with van der Waals surface area (Å²) in [5.41, 5.74) is 0.824. The molecular weight excluding hydrogens is 256 g/mol. The van der Waals surface area contributed by atoms with Gasteiger partial charge in [0.2, 0.25) is 6.29 Å². The van der Waals surface area contributed by atoms with Gasteiger partial charge in [0, 0.05) is 6.92 Å². The van der Waals surface area contributed by atoms with Gasteiger partial charge in [-0.25, -0.2) is 9.59 Å². The number of rotatable bonds is 4. The van der Waals surface area contributed by atoms with Gasteiger partial charge in [0.25, 0.3) is 0 Å². The van der Waals surface area contributed by atoms with Gasteiger partial charge < -0.3 is 9.47 Å². The second-order valence-corrected chi connectivity index (χ2v) is 4.11. The Morgan fingerprint density at radius 1 is 0.750 bits per heavy atom. The monoisotopic (exact) mass is 270 g/mol. The van der Waals surface area contributed by atoms with Gasteiger partial charge in [-0.05, 0) is 24.3 Å². The number of ether oxygens (including phenoxy) is 2. The van der Waals surface area contributed by atoms with Crippen LogP contribution < -0.4 is 0 Å².